The lowest BCUT2D eigenvalue weighted by Crippen LogP contribution is -2.35. The average Bonchev–Trinajstić information content (AvgIpc) is 2.18. The van der Waals surface area contributed by atoms with Gasteiger partial charge in [-0.15, -0.1) is 12.4 Å². The smallest absolute Gasteiger partial charge is 0.241 e. The Hall–Kier alpha value is -0.580. The molecule has 16 heavy (non-hydrogen) atoms. The van der Waals surface area contributed by atoms with E-state index in [1.54, 1.807) is 0 Å². The van der Waals surface area contributed by atoms with Crippen molar-refractivity contribution in [3.05, 3.63) is 28.7 Å². The van der Waals surface area contributed by atoms with Crippen LogP contribution in [0.15, 0.2) is 28.7 Å². The van der Waals surface area contributed by atoms with Gasteiger partial charge in [0.15, 0.2) is 0 Å². The molecule has 3 N–H and O–H groups in total. The number of hydrogen-bond donors (Lipinski definition) is 2. The molecule has 1 amide bonds. The summed E-state index contributed by atoms with van der Waals surface area (Å²) in [6, 6.07) is 7.03. The fourth-order valence-electron chi connectivity index (χ4n) is 1.24. The molecule has 0 spiro atoms. The van der Waals surface area contributed by atoms with Crippen molar-refractivity contribution < 1.29 is 4.79 Å². The Kier molecular flexibility index (Phi) is 7.38. The molecule has 0 saturated heterocycles. The molecule has 5 heteroatoms. The monoisotopic (exact) mass is 306 g/mol. The SMILES string of the molecule is CCCC(N)C(=O)Nc1cccc(Br)c1.Cl. The molecule has 1 aromatic carbocycles. The summed E-state index contributed by atoms with van der Waals surface area (Å²) in [6.07, 6.45) is 1.62. The zero-order valence-electron chi connectivity index (χ0n) is 9.07. The average molecular weight is 308 g/mol. The normalized spacial score (nSPS) is 11.4. The largest absolute Gasteiger partial charge is 0.325 e. The van der Waals surface area contributed by atoms with Crippen molar-refractivity contribution in [1.82, 2.24) is 0 Å². The van der Waals surface area contributed by atoms with Gasteiger partial charge >= 0.3 is 0 Å². The minimum absolute atomic E-state index is 0. The van der Waals surface area contributed by atoms with Crippen molar-refractivity contribution in [1.29, 1.82) is 0 Å². The van der Waals surface area contributed by atoms with Crippen LogP contribution in [0.1, 0.15) is 19.8 Å². The summed E-state index contributed by atoms with van der Waals surface area (Å²) >= 11 is 3.34. The first-order valence-corrected chi connectivity index (χ1v) is 5.74. The molecular formula is C11H16BrClN2O. The van der Waals surface area contributed by atoms with Crippen molar-refractivity contribution in [2.24, 2.45) is 5.73 Å². The Morgan fingerprint density at radius 2 is 2.25 bits per heavy atom. The van der Waals surface area contributed by atoms with E-state index < -0.39 is 6.04 Å². The number of hydrogen-bond acceptors (Lipinski definition) is 2. The lowest BCUT2D eigenvalue weighted by Gasteiger charge is -2.11. The van der Waals surface area contributed by atoms with Gasteiger partial charge in [0.1, 0.15) is 0 Å². The van der Waals surface area contributed by atoms with E-state index in [9.17, 15) is 4.79 Å². The Labute approximate surface area is 110 Å². The number of nitrogens with two attached hydrogens (primary N) is 1. The van der Waals surface area contributed by atoms with Crippen molar-refractivity contribution in [3.8, 4) is 0 Å². The van der Waals surface area contributed by atoms with Gasteiger partial charge in [0.05, 0.1) is 6.04 Å². The van der Waals surface area contributed by atoms with Gasteiger partial charge in [-0.25, -0.2) is 0 Å². The van der Waals surface area contributed by atoms with Crippen LogP contribution in [-0.4, -0.2) is 11.9 Å². The zero-order valence-corrected chi connectivity index (χ0v) is 11.5. The number of nitrogens with one attached hydrogen (secondary N) is 1. The molecule has 0 fully saturated rings. The second-order valence-corrected chi connectivity index (χ2v) is 4.31. The maximum absolute atomic E-state index is 11.6. The number of amides is 1. The summed E-state index contributed by atoms with van der Waals surface area (Å²) in [5.74, 6) is -0.130. The van der Waals surface area contributed by atoms with E-state index in [2.05, 4.69) is 21.2 Å². The summed E-state index contributed by atoms with van der Waals surface area (Å²) in [6.45, 7) is 2.01. The fraction of sp³-hybridized carbons (Fsp3) is 0.364. The minimum Gasteiger partial charge on any atom is -0.325 e. The number of carbonyl (C=O) groups is 1. The van der Waals surface area contributed by atoms with Crippen LogP contribution in [-0.2, 0) is 4.79 Å². The standard InChI is InChI=1S/C11H15BrN2O.ClH/c1-2-4-10(13)11(15)14-9-6-3-5-8(12)7-9;/h3,5-7,10H,2,4,13H2,1H3,(H,14,15);1H. The summed E-state index contributed by atoms with van der Waals surface area (Å²) in [5, 5.41) is 2.77. The maximum atomic E-state index is 11.6. The predicted octanol–water partition coefficient (Wildman–Crippen LogP) is 2.94. The van der Waals surface area contributed by atoms with Gasteiger partial charge in [0.2, 0.25) is 5.91 Å². The predicted molar refractivity (Wildman–Crippen MR) is 72.9 cm³/mol. The van der Waals surface area contributed by atoms with E-state index in [0.717, 1.165) is 16.6 Å². The van der Waals surface area contributed by atoms with Crippen LogP contribution in [0, 0.1) is 0 Å². The van der Waals surface area contributed by atoms with Gasteiger partial charge in [-0.1, -0.05) is 35.3 Å². The van der Waals surface area contributed by atoms with E-state index in [0.29, 0.717) is 6.42 Å². The Morgan fingerprint density at radius 3 is 2.81 bits per heavy atom. The number of benzene rings is 1. The number of rotatable bonds is 4. The Morgan fingerprint density at radius 1 is 1.56 bits per heavy atom. The molecule has 3 nitrogen and oxygen atoms in total. The van der Waals surface area contributed by atoms with Crippen molar-refractivity contribution in [2.45, 2.75) is 25.8 Å². The first kappa shape index (κ1) is 15.4. The van der Waals surface area contributed by atoms with Gasteiger partial charge in [-0.2, -0.15) is 0 Å². The molecule has 0 aromatic heterocycles. The summed E-state index contributed by atoms with van der Waals surface area (Å²) in [5.41, 5.74) is 6.45. The second-order valence-electron chi connectivity index (χ2n) is 3.39. The van der Waals surface area contributed by atoms with Crippen LogP contribution >= 0.6 is 28.3 Å². The molecule has 90 valence electrons. The van der Waals surface area contributed by atoms with Gasteiger partial charge in [0, 0.05) is 10.2 Å². The van der Waals surface area contributed by atoms with Crippen LogP contribution in [0.4, 0.5) is 5.69 Å². The molecule has 1 rings (SSSR count). The third-order valence-corrected chi connectivity index (χ3v) is 2.52. The molecule has 1 atom stereocenters. The molecule has 0 bridgehead atoms. The summed E-state index contributed by atoms with van der Waals surface area (Å²) in [4.78, 5) is 11.6. The molecule has 0 saturated carbocycles. The number of halogens is 2. The molecule has 0 heterocycles. The Balaban J connectivity index is 0.00000225. The van der Waals surface area contributed by atoms with Crippen LogP contribution < -0.4 is 11.1 Å². The fourth-order valence-corrected chi connectivity index (χ4v) is 1.64. The summed E-state index contributed by atoms with van der Waals surface area (Å²) < 4.78 is 0.935. The molecule has 1 aromatic rings. The van der Waals surface area contributed by atoms with Crippen LogP contribution in [0.25, 0.3) is 0 Å². The Bertz CT molecular complexity index is 347. The van der Waals surface area contributed by atoms with E-state index in [-0.39, 0.29) is 18.3 Å². The van der Waals surface area contributed by atoms with Crippen LogP contribution in [0.5, 0.6) is 0 Å². The van der Waals surface area contributed by atoms with E-state index in [1.165, 1.54) is 0 Å². The molecule has 1 unspecified atom stereocenters. The first-order valence-electron chi connectivity index (χ1n) is 4.95. The highest BCUT2D eigenvalue weighted by Crippen LogP contribution is 2.15. The quantitative estimate of drug-likeness (QED) is 0.898. The number of anilines is 1. The van der Waals surface area contributed by atoms with Crippen LogP contribution in [0.3, 0.4) is 0 Å². The first-order chi connectivity index (χ1) is 7.13. The van der Waals surface area contributed by atoms with Gasteiger partial charge < -0.3 is 11.1 Å². The molecule has 0 aliphatic rings. The zero-order chi connectivity index (χ0) is 11.3. The van der Waals surface area contributed by atoms with Crippen molar-refractivity contribution in [2.75, 3.05) is 5.32 Å². The van der Waals surface area contributed by atoms with E-state index in [4.69, 9.17) is 5.73 Å². The summed E-state index contributed by atoms with van der Waals surface area (Å²) in [7, 11) is 0. The minimum atomic E-state index is -0.422. The maximum Gasteiger partial charge on any atom is 0.241 e. The van der Waals surface area contributed by atoms with Gasteiger partial charge in [-0.3, -0.25) is 4.79 Å². The number of carbonyl (C=O) groups excluding carboxylic acids is 1. The lowest BCUT2D eigenvalue weighted by atomic mass is 10.1. The third-order valence-electron chi connectivity index (χ3n) is 2.03. The second kappa shape index (κ2) is 7.65. The highest BCUT2D eigenvalue weighted by Gasteiger charge is 2.11. The highest BCUT2D eigenvalue weighted by molar-refractivity contribution is 9.10. The molecule has 0 aliphatic heterocycles. The van der Waals surface area contributed by atoms with Crippen LogP contribution in [0.2, 0.25) is 0 Å². The molecular weight excluding hydrogens is 291 g/mol. The van der Waals surface area contributed by atoms with Crippen molar-refractivity contribution >= 4 is 39.9 Å². The van der Waals surface area contributed by atoms with Crippen molar-refractivity contribution in [3.63, 3.8) is 0 Å². The lowest BCUT2D eigenvalue weighted by molar-refractivity contribution is -0.117. The molecule has 0 radical (unpaired) electrons. The van der Waals surface area contributed by atoms with E-state index >= 15 is 0 Å². The van der Waals surface area contributed by atoms with Gasteiger partial charge in [-0.05, 0) is 24.6 Å². The van der Waals surface area contributed by atoms with E-state index in [1.807, 2.05) is 31.2 Å². The highest BCUT2D eigenvalue weighted by atomic mass is 79.9. The molecule has 0 aliphatic carbocycles. The third kappa shape index (κ3) is 4.96. The van der Waals surface area contributed by atoms with Gasteiger partial charge in [0.25, 0.3) is 0 Å². The topological polar surface area (TPSA) is 55.1 Å².